The number of hydrogen-bond acceptors (Lipinski definition) is 4. The predicted octanol–water partition coefficient (Wildman–Crippen LogP) is 1.41. The third kappa shape index (κ3) is 4.19. The van der Waals surface area contributed by atoms with Crippen molar-refractivity contribution in [3.63, 3.8) is 0 Å². The van der Waals surface area contributed by atoms with E-state index >= 15 is 0 Å². The van der Waals surface area contributed by atoms with Gasteiger partial charge < -0.3 is 9.64 Å². The minimum absolute atomic E-state index is 0.680. The highest BCUT2D eigenvalue weighted by Gasteiger charge is 2.00. The van der Waals surface area contributed by atoms with Crippen molar-refractivity contribution in [3.05, 3.63) is 16.1 Å². The van der Waals surface area contributed by atoms with E-state index in [2.05, 4.69) is 51.6 Å². The number of halogens is 1. The maximum Gasteiger partial charge on any atom is 0.230 e. The molecule has 1 rings (SSSR count). The lowest BCUT2D eigenvalue weighted by Gasteiger charge is -2.10. The zero-order chi connectivity index (χ0) is 10.4. The van der Waals surface area contributed by atoms with E-state index in [1.807, 2.05) is 0 Å². The quantitative estimate of drug-likeness (QED) is 0.609. The van der Waals surface area contributed by atoms with E-state index < -0.39 is 0 Å². The second-order valence-corrected chi connectivity index (χ2v) is 4.34. The molecular weight excluding hydrogens is 293 g/mol. The minimum atomic E-state index is 0.680. The van der Waals surface area contributed by atoms with Crippen LogP contribution >= 0.6 is 22.6 Å². The zero-order valence-corrected chi connectivity index (χ0v) is 10.6. The molecule has 0 aliphatic carbocycles. The van der Waals surface area contributed by atoms with Gasteiger partial charge in [0, 0.05) is 12.7 Å². The fourth-order valence-electron chi connectivity index (χ4n) is 0.957. The van der Waals surface area contributed by atoms with Crippen molar-refractivity contribution < 1.29 is 4.74 Å². The van der Waals surface area contributed by atoms with Crippen LogP contribution in [0.25, 0.3) is 0 Å². The molecule has 4 nitrogen and oxygen atoms in total. The molecule has 0 unspecified atom stereocenters. The van der Waals surface area contributed by atoms with Crippen molar-refractivity contribution in [2.75, 3.05) is 27.2 Å². The largest absolute Gasteiger partial charge is 0.477 e. The van der Waals surface area contributed by atoms with Gasteiger partial charge in [-0.3, -0.25) is 0 Å². The number of nitrogens with zero attached hydrogens (tertiary/aromatic N) is 3. The smallest absolute Gasteiger partial charge is 0.230 e. The van der Waals surface area contributed by atoms with E-state index in [9.17, 15) is 0 Å². The molecular formula is C9H14IN3O. The van der Waals surface area contributed by atoms with Crippen LogP contribution in [0.3, 0.4) is 0 Å². The molecule has 5 heteroatoms. The molecule has 1 heterocycles. The van der Waals surface area contributed by atoms with Crippen molar-refractivity contribution in [1.82, 2.24) is 14.9 Å². The lowest BCUT2D eigenvalue weighted by molar-refractivity contribution is 0.271. The van der Waals surface area contributed by atoms with Gasteiger partial charge in [0.2, 0.25) is 5.88 Å². The monoisotopic (exact) mass is 307 g/mol. The number of hydrogen-bond donors (Lipinski definition) is 0. The van der Waals surface area contributed by atoms with Gasteiger partial charge in [-0.1, -0.05) is 0 Å². The SMILES string of the molecule is CN(C)CCCOc1ncncc1I. The highest BCUT2D eigenvalue weighted by Crippen LogP contribution is 2.14. The van der Waals surface area contributed by atoms with Crippen LogP contribution in [0, 0.1) is 3.57 Å². The van der Waals surface area contributed by atoms with E-state index in [0.717, 1.165) is 16.5 Å². The van der Waals surface area contributed by atoms with Crippen LogP contribution < -0.4 is 4.74 Å². The second-order valence-electron chi connectivity index (χ2n) is 3.18. The van der Waals surface area contributed by atoms with Crippen LogP contribution in [0.15, 0.2) is 12.5 Å². The van der Waals surface area contributed by atoms with Gasteiger partial charge in [0.15, 0.2) is 0 Å². The standard InChI is InChI=1S/C9H14IN3O/c1-13(2)4-3-5-14-9-8(10)6-11-7-12-9/h6-7H,3-5H2,1-2H3. The molecule has 0 bridgehead atoms. The molecule has 0 saturated carbocycles. The Morgan fingerprint density at radius 2 is 2.29 bits per heavy atom. The van der Waals surface area contributed by atoms with E-state index in [4.69, 9.17) is 4.74 Å². The normalized spacial score (nSPS) is 10.6. The Morgan fingerprint density at radius 3 is 2.93 bits per heavy atom. The summed E-state index contributed by atoms with van der Waals surface area (Å²) in [6, 6.07) is 0. The summed E-state index contributed by atoms with van der Waals surface area (Å²) < 4.78 is 6.46. The van der Waals surface area contributed by atoms with Gasteiger partial charge in [-0.25, -0.2) is 9.97 Å². The molecule has 0 N–H and O–H groups in total. The van der Waals surface area contributed by atoms with Crippen LogP contribution in [-0.4, -0.2) is 42.1 Å². The molecule has 14 heavy (non-hydrogen) atoms. The van der Waals surface area contributed by atoms with Gasteiger partial charge in [-0.2, -0.15) is 0 Å². The van der Waals surface area contributed by atoms with Gasteiger partial charge >= 0.3 is 0 Å². The fourth-order valence-corrected chi connectivity index (χ4v) is 1.41. The molecule has 0 aliphatic heterocycles. The molecule has 1 aromatic rings. The number of ether oxygens (including phenoxy) is 1. The van der Waals surface area contributed by atoms with Crippen LogP contribution in [0.4, 0.5) is 0 Å². The van der Waals surface area contributed by atoms with Crippen LogP contribution in [0.2, 0.25) is 0 Å². The predicted molar refractivity (Wildman–Crippen MR) is 63.4 cm³/mol. The summed E-state index contributed by atoms with van der Waals surface area (Å²) in [5.74, 6) is 0.680. The van der Waals surface area contributed by atoms with Gasteiger partial charge in [0.05, 0.1) is 10.2 Å². The van der Waals surface area contributed by atoms with Crippen molar-refractivity contribution in [1.29, 1.82) is 0 Å². The van der Waals surface area contributed by atoms with E-state index in [1.54, 1.807) is 6.20 Å². The maximum absolute atomic E-state index is 5.50. The third-order valence-electron chi connectivity index (χ3n) is 1.62. The molecule has 0 atom stereocenters. The van der Waals surface area contributed by atoms with Gasteiger partial charge in [0.25, 0.3) is 0 Å². The molecule has 0 aliphatic rings. The summed E-state index contributed by atoms with van der Waals surface area (Å²) in [6.07, 6.45) is 4.26. The van der Waals surface area contributed by atoms with Crippen molar-refractivity contribution in [2.45, 2.75) is 6.42 Å². The van der Waals surface area contributed by atoms with Crippen molar-refractivity contribution >= 4 is 22.6 Å². The molecule has 0 saturated heterocycles. The van der Waals surface area contributed by atoms with Crippen molar-refractivity contribution in [3.8, 4) is 5.88 Å². The summed E-state index contributed by atoms with van der Waals surface area (Å²) in [7, 11) is 4.10. The van der Waals surface area contributed by atoms with E-state index in [-0.39, 0.29) is 0 Å². The summed E-state index contributed by atoms with van der Waals surface area (Å²) in [4.78, 5) is 10.1. The molecule has 0 amide bonds. The Bertz CT molecular complexity index is 281. The topological polar surface area (TPSA) is 38.2 Å². The average molecular weight is 307 g/mol. The fraction of sp³-hybridized carbons (Fsp3) is 0.556. The van der Waals surface area contributed by atoms with E-state index in [0.29, 0.717) is 12.5 Å². The summed E-state index contributed by atoms with van der Waals surface area (Å²) in [5.41, 5.74) is 0. The summed E-state index contributed by atoms with van der Waals surface area (Å²) in [6.45, 7) is 1.73. The molecule has 0 fully saturated rings. The first-order chi connectivity index (χ1) is 6.70. The number of aromatic nitrogens is 2. The average Bonchev–Trinajstić information content (AvgIpc) is 2.15. The first-order valence-electron chi connectivity index (χ1n) is 4.43. The Balaban J connectivity index is 2.28. The summed E-state index contributed by atoms with van der Waals surface area (Å²) >= 11 is 2.17. The van der Waals surface area contributed by atoms with Crippen LogP contribution in [0.5, 0.6) is 5.88 Å². The maximum atomic E-state index is 5.50. The zero-order valence-electron chi connectivity index (χ0n) is 8.40. The Kier molecular flexibility index (Phi) is 5.10. The summed E-state index contributed by atoms with van der Waals surface area (Å²) in [5, 5.41) is 0. The Labute approximate surface area is 97.8 Å². The molecule has 78 valence electrons. The van der Waals surface area contributed by atoms with Gasteiger partial charge in [-0.15, -0.1) is 0 Å². The number of rotatable bonds is 5. The lowest BCUT2D eigenvalue weighted by Crippen LogP contribution is -2.15. The van der Waals surface area contributed by atoms with Crippen LogP contribution in [0.1, 0.15) is 6.42 Å². The van der Waals surface area contributed by atoms with E-state index in [1.165, 1.54) is 6.33 Å². The third-order valence-corrected chi connectivity index (χ3v) is 2.36. The minimum Gasteiger partial charge on any atom is -0.477 e. The lowest BCUT2D eigenvalue weighted by atomic mass is 10.4. The molecule has 0 radical (unpaired) electrons. The van der Waals surface area contributed by atoms with Crippen molar-refractivity contribution in [2.24, 2.45) is 0 Å². The van der Waals surface area contributed by atoms with Crippen LogP contribution in [-0.2, 0) is 0 Å². The highest BCUT2D eigenvalue weighted by atomic mass is 127. The first kappa shape index (κ1) is 11.6. The van der Waals surface area contributed by atoms with Gasteiger partial charge in [0.1, 0.15) is 6.33 Å². The molecule has 0 spiro atoms. The highest BCUT2D eigenvalue weighted by molar-refractivity contribution is 14.1. The molecule has 1 aromatic heterocycles. The van der Waals surface area contributed by atoms with Gasteiger partial charge in [-0.05, 0) is 43.1 Å². The Hall–Kier alpha value is -0.430. The first-order valence-corrected chi connectivity index (χ1v) is 5.51. The molecule has 0 aromatic carbocycles. The Morgan fingerprint density at radius 1 is 1.50 bits per heavy atom. The second kappa shape index (κ2) is 6.13.